The van der Waals surface area contributed by atoms with E-state index >= 15 is 0 Å². The number of rotatable bonds is 7. The third-order valence-corrected chi connectivity index (χ3v) is 7.26. The molecule has 8 heteroatoms. The number of hydrogen-bond acceptors (Lipinski definition) is 6. The molecule has 2 fully saturated rings. The van der Waals surface area contributed by atoms with Gasteiger partial charge in [-0.25, -0.2) is 4.79 Å². The van der Waals surface area contributed by atoms with Crippen molar-refractivity contribution in [2.45, 2.75) is 62.5 Å². The molecule has 1 spiro atoms. The van der Waals surface area contributed by atoms with E-state index < -0.39 is 6.16 Å². The molecule has 0 unspecified atom stereocenters. The Morgan fingerprint density at radius 3 is 2.71 bits per heavy atom. The van der Waals surface area contributed by atoms with Gasteiger partial charge < -0.3 is 25.0 Å². The first-order valence-corrected chi connectivity index (χ1v) is 11.7. The van der Waals surface area contributed by atoms with Crippen molar-refractivity contribution in [1.82, 2.24) is 10.3 Å². The Morgan fingerprint density at radius 2 is 2.03 bits per heavy atom. The molecule has 170 valence electrons. The molecule has 1 saturated carbocycles. The van der Waals surface area contributed by atoms with Gasteiger partial charge in [0.1, 0.15) is 5.75 Å². The molecule has 1 saturated heterocycles. The molecule has 3 N–H and O–H groups in total. The molecule has 2 aromatic rings. The summed E-state index contributed by atoms with van der Waals surface area (Å²) in [6, 6.07) is 8.41. The SMILES string of the molecule is COc1ccsc1CNCC[C@@]1(c2ccccn2)CCOC2(CCCC2)C1.O=C(O)O. The zero-order chi connectivity index (χ0) is 22.2. The molecule has 7 nitrogen and oxygen atoms in total. The fourth-order valence-corrected chi connectivity index (χ4v) is 5.77. The minimum absolute atomic E-state index is 0.0900. The van der Waals surface area contributed by atoms with Crippen LogP contribution in [0.2, 0.25) is 0 Å². The van der Waals surface area contributed by atoms with E-state index in [4.69, 9.17) is 29.5 Å². The number of nitrogens with zero attached hydrogens (tertiary/aromatic N) is 1. The normalized spacial score (nSPS) is 22.0. The van der Waals surface area contributed by atoms with Crippen LogP contribution in [0, 0.1) is 0 Å². The highest BCUT2D eigenvalue weighted by atomic mass is 32.1. The summed E-state index contributed by atoms with van der Waals surface area (Å²) < 4.78 is 11.8. The first kappa shape index (κ1) is 23.5. The van der Waals surface area contributed by atoms with Crippen molar-refractivity contribution in [1.29, 1.82) is 0 Å². The van der Waals surface area contributed by atoms with Gasteiger partial charge in [-0.3, -0.25) is 4.98 Å². The Labute approximate surface area is 187 Å². The van der Waals surface area contributed by atoms with E-state index in [9.17, 15) is 0 Å². The van der Waals surface area contributed by atoms with Crippen molar-refractivity contribution >= 4 is 17.5 Å². The number of ether oxygens (including phenoxy) is 2. The summed E-state index contributed by atoms with van der Waals surface area (Å²) in [5.74, 6) is 0.989. The van der Waals surface area contributed by atoms with Gasteiger partial charge >= 0.3 is 6.16 Å². The van der Waals surface area contributed by atoms with Crippen LogP contribution in [0.5, 0.6) is 5.75 Å². The minimum Gasteiger partial charge on any atom is -0.496 e. The number of methoxy groups -OCH3 is 1. The number of aromatic nitrogens is 1. The molecule has 1 aliphatic carbocycles. The van der Waals surface area contributed by atoms with Crippen molar-refractivity contribution in [2.24, 2.45) is 0 Å². The third-order valence-electron chi connectivity index (χ3n) is 6.36. The van der Waals surface area contributed by atoms with Crippen LogP contribution in [0.4, 0.5) is 4.79 Å². The highest BCUT2D eigenvalue weighted by molar-refractivity contribution is 7.10. The van der Waals surface area contributed by atoms with E-state index in [1.54, 1.807) is 18.4 Å². The van der Waals surface area contributed by atoms with Crippen LogP contribution >= 0.6 is 11.3 Å². The Balaban J connectivity index is 0.000000628. The van der Waals surface area contributed by atoms with Gasteiger partial charge in [-0.15, -0.1) is 11.3 Å². The van der Waals surface area contributed by atoms with Crippen LogP contribution in [-0.4, -0.2) is 47.2 Å². The van der Waals surface area contributed by atoms with Crippen LogP contribution in [0.15, 0.2) is 35.8 Å². The van der Waals surface area contributed by atoms with Crippen LogP contribution < -0.4 is 10.1 Å². The second kappa shape index (κ2) is 10.9. The van der Waals surface area contributed by atoms with E-state index in [2.05, 4.69) is 22.8 Å². The molecule has 3 heterocycles. The Bertz CT molecular complexity index is 818. The molecule has 1 atom stereocenters. The molecule has 0 radical (unpaired) electrons. The first-order valence-electron chi connectivity index (χ1n) is 10.8. The summed E-state index contributed by atoms with van der Waals surface area (Å²) in [5.41, 5.74) is 1.46. The van der Waals surface area contributed by atoms with Gasteiger partial charge in [0.2, 0.25) is 0 Å². The monoisotopic (exact) mass is 448 g/mol. The van der Waals surface area contributed by atoms with Gasteiger partial charge in [0.15, 0.2) is 0 Å². The standard InChI is InChI=1S/C22H30N2O2S.CH2O3/c1-25-18-7-15-27-19(18)16-23-13-10-21(20-6-2-5-12-24-20)11-14-26-22(17-21)8-3-4-9-22;2-1(3)4/h2,5-7,12,15,23H,3-4,8-11,13-14,16-17H2,1H3;(H2,2,3,4)/t21-;/m1./s1. The van der Waals surface area contributed by atoms with Gasteiger partial charge in [0.25, 0.3) is 0 Å². The zero-order valence-electron chi connectivity index (χ0n) is 18.0. The average Bonchev–Trinajstić information content (AvgIpc) is 3.41. The lowest BCUT2D eigenvalue weighted by molar-refractivity contribution is -0.104. The van der Waals surface area contributed by atoms with Gasteiger partial charge in [-0.1, -0.05) is 18.9 Å². The molecule has 0 bridgehead atoms. The van der Waals surface area contributed by atoms with E-state index in [0.717, 1.165) is 44.7 Å². The van der Waals surface area contributed by atoms with Crippen molar-refractivity contribution in [3.8, 4) is 5.75 Å². The summed E-state index contributed by atoms with van der Waals surface area (Å²) in [4.78, 5) is 14.6. The van der Waals surface area contributed by atoms with Crippen molar-refractivity contribution in [3.05, 3.63) is 46.4 Å². The molecule has 4 rings (SSSR count). The van der Waals surface area contributed by atoms with Crippen molar-refractivity contribution in [2.75, 3.05) is 20.3 Å². The summed E-state index contributed by atoms with van der Waals surface area (Å²) in [6.45, 7) is 2.70. The van der Waals surface area contributed by atoms with E-state index in [1.807, 2.05) is 18.3 Å². The molecule has 31 heavy (non-hydrogen) atoms. The van der Waals surface area contributed by atoms with Crippen LogP contribution in [0.3, 0.4) is 0 Å². The predicted octanol–water partition coefficient (Wildman–Crippen LogP) is 4.92. The quantitative estimate of drug-likeness (QED) is 0.517. The number of hydrogen-bond donors (Lipinski definition) is 3. The molecular weight excluding hydrogens is 416 g/mol. The number of carboxylic acid groups (broad SMARTS) is 2. The third kappa shape index (κ3) is 6.18. The minimum atomic E-state index is -1.83. The van der Waals surface area contributed by atoms with Crippen LogP contribution in [0.1, 0.15) is 55.5 Å². The topological polar surface area (TPSA) is 101 Å². The highest BCUT2D eigenvalue weighted by Crippen LogP contribution is 2.49. The molecule has 2 aromatic heterocycles. The second-order valence-electron chi connectivity index (χ2n) is 8.28. The zero-order valence-corrected chi connectivity index (χ0v) is 18.8. The maximum atomic E-state index is 8.56. The van der Waals surface area contributed by atoms with Crippen molar-refractivity contribution in [3.63, 3.8) is 0 Å². The van der Waals surface area contributed by atoms with Gasteiger partial charge in [-0.05, 0) is 62.2 Å². The van der Waals surface area contributed by atoms with Crippen LogP contribution in [-0.2, 0) is 16.7 Å². The largest absolute Gasteiger partial charge is 0.503 e. The first-order chi connectivity index (χ1) is 15.0. The fraction of sp³-hybridized carbons (Fsp3) is 0.565. The van der Waals surface area contributed by atoms with Crippen molar-refractivity contribution < 1.29 is 24.5 Å². The molecular formula is C23H32N2O5S. The molecule has 1 aliphatic heterocycles. The number of thiophene rings is 1. The summed E-state index contributed by atoms with van der Waals surface area (Å²) in [7, 11) is 1.74. The predicted molar refractivity (Wildman–Crippen MR) is 120 cm³/mol. The average molecular weight is 449 g/mol. The number of nitrogens with one attached hydrogen (secondary N) is 1. The Kier molecular flexibility index (Phi) is 8.28. The van der Waals surface area contributed by atoms with E-state index in [0.29, 0.717) is 0 Å². The molecule has 2 aliphatic rings. The van der Waals surface area contributed by atoms with Gasteiger partial charge in [-0.2, -0.15) is 0 Å². The number of pyridine rings is 1. The Hall–Kier alpha value is -2.16. The second-order valence-corrected chi connectivity index (χ2v) is 9.28. The molecule has 0 aromatic carbocycles. The highest BCUT2D eigenvalue weighted by Gasteiger charge is 2.48. The lowest BCUT2D eigenvalue weighted by Gasteiger charge is -2.46. The fourth-order valence-electron chi connectivity index (χ4n) is 4.97. The van der Waals surface area contributed by atoms with Crippen LogP contribution in [0.25, 0.3) is 0 Å². The maximum Gasteiger partial charge on any atom is 0.503 e. The van der Waals surface area contributed by atoms with Gasteiger partial charge in [0.05, 0.1) is 17.6 Å². The van der Waals surface area contributed by atoms with E-state index in [1.165, 1.54) is 36.3 Å². The summed E-state index contributed by atoms with van der Waals surface area (Å²) >= 11 is 1.75. The Morgan fingerprint density at radius 1 is 1.26 bits per heavy atom. The number of carbonyl (C=O) groups is 1. The smallest absolute Gasteiger partial charge is 0.496 e. The van der Waals surface area contributed by atoms with E-state index in [-0.39, 0.29) is 11.0 Å². The van der Waals surface area contributed by atoms with Gasteiger partial charge in [0, 0.05) is 30.5 Å². The maximum absolute atomic E-state index is 8.56. The summed E-state index contributed by atoms with van der Waals surface area (Å²) in [6.07, 6.45) is 8.41. The lowest BCUT2D eigenvalue weighted by atomic mass is 9.68. The molecule has 0 amide bonds. The lowest BCUT2D eigenvalue weighted by Crippen LogP contribution is -2.47. The summed E-state index contributed by atoms with van der Waals surface area (Å²) in [5, 5.41) is 19.7.